The molecular formula is C11H15F2NO3S. The number of benzene rings is 1. The third-order valence-corrected chi connectivity index (χ3v) is 3.26. The standard InChI is InChI=1S/C11H15F2NO3S/c1-18(16,17)5-4-14-7-11(15)8-2-3-9(12)10(13)6-8/h2-3,6,11,14-15H,4-5,7H2,1H3. The number of sulfone groups is 1. The molecule has 1 aromatic rings. The fourth-order valence-electron chi connectivity index (χ4n) is 1.33. The monoisotopic (exact) mass is 279 g/mol. The highest BCUT2D eigenvalue weighted by atomic mass is 32.2. The molecule has 0 spiro atoms. The Bertz CT molecular complexity index is 505. The maximum absolute atomic E-state index is 12.9. The fraction of sp³-hybridized carbons (Fsp3) is 0.455. The van der Waals surface area contributed by atoms with E-state index in [-0.39, 0.29) is 24.4 Å². The summed E-state index contributed by atoms with van der Waals surface area (Å²) in [5.41, 5.74) is 0.237. The van der Waals surface area contributed by atoms with E-state index in [0.29, 0.717) is 0 Å². The van der Waals surface area contributed by atoms with E-state index in [9.17, 15) is 22.3 Å². The van der Waals surface area contributed by atoms with Gasteiger partial charge in [0.05, 0.1) is 11.9 Å². The number of aliphatic hydroxyl groups excluding tert-OH is 1. The molecule has 18 heavy (non-hydrogen) atoms. The van der Waals surface area contributed by atoms with Gasteiger partial charge in [0.1, 0.15) is 9.84 Å². The molecule has 0 bridgehead atoms. The van der Waals surface area contributed by atoms with Crippen molar-refractivity contribution >= 4 is 9.84 Å². The average Bonchev–Trinajstić information content (AvgIpc) is 2.26. The predicted molar refractivity (Wildman–Crippen MR) is 63.9 cm³/mol. The van der Waals surface area contributed by atoms with Crippen LogP contribution in [0.15, 0.2) is 18.2 Å². The van der Waals surface area contributed by atoms with Crippen molar-refractivity contribution in [1.29, 1.82) is 0 Å². The van der Waals surface area contributed by atoms with Gasteiger partial charge in [0, 0.05) is 19.3 Å². The normalized spacial score (nSPS) is 13.6. The number of aliphatic hydroxyl groups is 1. The maximum atomic E-state index is 12.9. The minimum Gasteiger partial charge on any atom is -0.387 e. The molecule has 0 aliphatic carbocycles. The second-order valence-electron chi connectivity index (χ2n) is 4.02. The highest BCUT2D eigenvalue weighted by Gasteiger charge is 2.11. The second-order valence-corrected chi connectivity index (χ2v) is 6.28. The van der Waals surface area contributed by atoms with Crippen LogP contribution in [0.25, 0.3) is 0 Å². The molecule has 0 aliphatic rings. The summed E-state index contributed by atoms with van der Waals surface area (Å²) >= 11 is 0. The SMILES string of the molecule is CS(=O)(=O)CCNCC(O)c1ccc(F)c(F)c1. The predicted octanol–water partition coefficient (Wildman–Crippen LogP) is 0.632. The van der Waals surface area contributed by atoms with E-state index in [1.807, 2.05) is 0 Å². The van der Waals surface area contributed by atoms with E-state index in [4.69, 9.17) is 0 Å². The van der Waals surface area contributed by atoms with E-state index < -0.39 is 27.6 Å². The molecule has 0 saturated heterocycles. The van der Waals surface area contributed by atoms with Crippen LogP contribution < -0.4 is 5.32 Å². The van der Waals surface area contributed by atoms with Crippen molar-refractivity contribution in [3.63, 3.8) is 0 Å². The second kappa shape index (κ2) is 6.21. The molecule has 1 rings (SSSR count). The van der Waals surface area contributed by atoms with Gasteiger partial charge >= 0.3 is 0 Å². The number of rotatable bonds is 6. The van der Waals surface area contributed by atoms with Gasteiger partial charge < -0.3 is 10.4 Å². The van der Waals surface area contributed by atoms with Crippen molar-refractivity contribution in [2.24, 2.45) is 0 Å². The molecule has 0 amide bonds. The molecular weight excluding hydrogens is 264 g/mol. The zero-order valence-electron chi connectivity index (χ0n) is 9.86. The Balaban J connectivity index is 2.45. The van der Waals surface area contributed by atoms with E-state index in [0.717, 1.165) is 18.4 Å². The lowest BCUT2D eigenvalue weighted by Gasteiger charge is -2.12. The first kappa shape index (κ1) is 15.0. The zero-order valence-corrected chi connectivity index (χ0v) is 10.7. The lowest BCUT2D eigenvalue weighted by Crippen LogP contribution is -2.27. The first-order valence-electron chi connectivity index (χ1n) is 5.31. The lowest BCUT2D eigenvalue weighted by atomic mass is 10.1. The molecule has 4 nitrogen and oxygen atoms in total. The van der Waals surface area contributed by atoms with Crippen LogP contribution in [-0.2, 0) is 9.84 Å². The van der Waals surface area contributed by atoms with Gasteiger partial charge in [-0.3, -0.25) is 0 Å². The highest BCUT2D eigenvalue weighted by Crippen LogP contribution is 2.15. The first-order valence-corrected chi connectivity index (χ1v) is 7.37. The van der Waals surface area contributed by atoms with Crippen LogP contribution in [0.4, 0.5) is 8.78 Å². The summed E-state index contributed by atoms with van der Waals surface area (Å²) in [5, 5.41) is 12.4. The van der Waals surface area contributed by atoms with E-state index in [1.165, 1.54) is 6.07 Å². The summed E-state index contributed by atoms with van der Waals surface area (Å²) in [4.78, 5) is 0. The Kier molecular flexibility index (Phi) is 5.18. The molecule has 0 aromatic heterocycles. The van der Waals surface area contributed by atoms with Gasteiger partial charge in [0.25, 0.3) is 0 Å². The van der Waals surface area contributed by atoms with Crippen molar-refractivity contribution in [3.8, 4) is 0 Å². The van der Waals surface area contributed by atoms with E-state index >= 15 is 0 Å². The fourth-order valence-corrected chi connectivity index (χ4v) is 1.85. The molecule has 102 valence electrons. The molecule has 0 fully saturated rings. The Morgan fingerprint density at radius 3 is 2.56 bits per heavy atom. The van der Waals surface area contributed by atoms with Crippen LogP contribution >= 0.6 is 0 Å². The van der Waals surface area contributed by atoms with Crippen LogP contribution in [0.2, 0.25) is 0 Å². The Morgan fingerprint density at radius 2 is 2.00 bits per heavy atom. The quantitative estimate of drug-likeness (QED) is 0.750. The van der Waals surface area contributed by atoms with Crippen LogP contribution in [0.5, 0.6) is 0 Å². The van der Waals surface area contributed by atoms with Crippen molar-refractivity contribution in [2.45, 2.75) is 6.10 Å². The lowest BCUT2D eigenvalue weighted by molar-refractivity contribution is 0.175. The molecule has 2 N–H and O–H groups in total. The minimum atomic E-state index is -3.05. The van der Waals surface area contributed by atoms with Crippen LogP contribution in [0.3, 0.4) is 0 Å². The van der Waals surface area contributed by atoms with Crippen molar-refractivity contribution < 1.29 is 22.3 Å². The summed E-state index contributed by atoms with van der Waals surface area (Å²) in [6.07, 6.45) is 0.0974. The summed E-state index contributed by atoms with van der Waals surface area (Å²) in [5.74, 6) is -2.05. The smallest absolute Gasteiger partial charge is 0.159 e. The van der Waals surface area contributed by atoms with Gasteiger partial charge in [0.15, 0.2) is 11.6 Å². The van der Waals surface area contributed by atoms with Gasteiger partial charge in [-0.15, -0.1) is 0 Å². The van der Waals surface area contributed by atoms with Gasteiger partial charge in [0.2, 0.25) is 0 Å². The number of halogens is 2. The molecule has 0 aliphatic heterocycles. The van der Waals surface area contributed by atoms with Crippen molar-refractivity contribution in [1.82, 2.24) is 5.32 Å². The van der Waals surface area contributed by atoms with Gasteiger partial charge in [-0.1, -0.05) is 6.07 Å². The highest BCUT2D eigenvalue weighted by molar-refractivity contribution is 7.90. The molecule has 0 heterocycles. The summed E-state index contributed by atoms with van der Waals surface area (Å²) in [6.45, 7) is 0.264. The Morgan fingerprint density at radius 1 is 1.33 bits per heavy atom. The summed E-state index contributed by atoms with van der Waals surface area (Å²) in [6, 6.07) is 3.13. The number of nitrogens with one attached hydrogen (secondary N) is 1. The van der Waals surface area contributed by atoms with Gasteiger partial charge in [-0.2, -0.15) is 0 Å². The molecule has 7 heteroatoms. The van der Waals surface area contributed by atoms with Gasteiger partial charge in [-0.25, -0.2) is 17.2 Å². The topological polar surface area (TPSA) is 66.4 Å². The maximum Gasteiger partial charge on any atom is 0.159 e. The van der Waals surface area contributed by atoms with E-state index in [1.54, 1.807) is 0 Å². The van der Waals surface area contributed by atoms with Crippen LogP contribution in [-0.4, -0.2) is 38.6 Å². The molecule has 1 aromatic carbocycles. The van der Waals surface area contributed by atoms with Crippen LogP contribution in [0.1, 0.15) is 11.7 Å². The summed E-state index contributed by atoms with van der Waals surface area (Å²) < 4.78 is 47.2. The van der Waals surface area contributed by atoms with Crippen molar-refractivity contribution in [3.05, 3.63) is 35.4 Å². The third kappa shape index (κ3) is 5.07. The number of hydrogen-bond acceptors (Lipinski definition) is 4. The minimum absolute atomic E-state index is 0.0441. The Labute approximate surface area is 105 Å². The average molecular weight is 279 g/mol. The Hall–Kier alpha value is -1.05. The van der Waals surface area contributed by atoms with E-state index in [2.05, 4.69) is 5.32 Å². The third-order valence-electron chi connectivity index (χ3n) is 2.32. The van der Waals surface area contributed by atoms with Crippen LogP contribution in [0, 0.1) is 11.6 Å². The zero-order chi connectivity index (χ0) is 13.8. The van der Waals surface area contributed by atoms with Gasteiger partial charge in [-0.05, 0) is 17.7 Å². The van der Waals surface area contributed by atoms with Crippen molar-refractivity contribution in [2.75, 3.05) is 25.1 Å². The number of hydrogen-bond donors (Lipinski definition) is 2. The molecule has 1 atom stereocenters. The molecule has 0 radical (unpaired) electrons. The molecule has 0 saturated carbocycles. The first-order chi connectivity index (χ1) is 8.29. The molecule has 1 unspecified atom stereocenters. The summed E-state index contributed by atoms with van der Waals surface area (Å²) in [7, 11) is -3.05. The largest absolute Gasteiger partial charge is 0.387 e.